The van der Waals surface area contributed by atoms with Crippen LogP contribution < -0.4 is 5.73 Å². The van der Waals surface area contributed by atoms with Crippen molar-refractivity contribution in [2.75, 3.05) is 13.1 Å². The first-order valence-electron chi connectivity index (χ1n) is 8.10. The van der Waals surface area contributed by atoms with Gasteiger partial charge in [0, 0.05) is 25.0 Å². The summed E-state index contributed by atoms with van der Waals surface area (Å²) in [6.07, 6.45) is 7.92. The number of piperidine rings is 1. The average molecular weight is 266 g/mol. The summed E-state index contributed by atoms with van der Waals surface area (Å²) < 4.78 is 0. The molecule has 1 amide bonds. The Hall–Kier alpha value is -0.570. The minimum atomic E-state index is 0.210. The number of hydrogen-bond acceptors (Lipinski definition) is 2. The van der Waals surface area contributed by atoms with Crippen LogP contribution >= 0.6 is 0 Å². The van der Waals surface area contributed by atoms with Gasteiger partial charge in [0.25, 0.3) is 0 Å². The Bertz CT molecular complexity index is 303. The Morgan fingerprint density at radius 1 is 1.26 bits per heavy atom. The molecule has 0 bridgehead atoms. The molecule has 0 aromatic rings. The molecule has 1 heterocycles. The Morgan fingerprint density at radius 2 is 2.05 bits per heavy atom. The van der Waals surface area contributed by atoms with Gasteiger partial charge in [-0.1, -0.05) is 20.3 Å². The minimum absolute atomic E-state index is 0.210. The van der Waals surface area contributed by atoms with Gasteiger partial charge in [-0.3, -0.25) is 4.79 Å². The predicted octanol–water partition coefficient (Wildman–Crippen LogP) is 2.79. The van der Waals surface area contributed by atoms with Gasteiger partial charge < -0.3 is 10.6 Å². The minimum Gasteiger partial charge on any atom is -0.342 e. The third-order valence-corrected chi connectivity index (χ3v) is 4.70. The molecule has 0 aromatic carbocycles. The molecule has 3 atom stereocenters. The van der Waals surface area contributed by atoms with Crippen LogP contribution in [0.25, 0.3) is 0 Å². The van der Waals surface area contributed by atoms with Crippen LogP contribution in [0, 0.1) is 17.8 Å². The van der Waals surface area contributed by atoms with E-state index < -0.39 is 0 Å². The average Bonchev–Trinajstić information content (AvgIpc) is 2.37. The van der Waals surface area contributed by atoms with Crippen molar-refractivity contribution >= 4 is 5.91 Å². The van der Waals surface area contributed by atoms with Gasteiger partial charge in [0.05, 0.1) is 0 Å². The molecule has 19 heavy (non-hydrogen) atoms. The third kappa shape index (κ3) is 4.20. The zero-order valence-electron chi connectivity index (χ0n) is 12.6. The summed E-state index contributed by atoms with van der Waals surface area (Å²) in [6, 6.07) is 0.249. The molecule has 3 nitrogen and oxygen atoms in total. The highest BCUT2D eigenvalue weighted by Gasteiger charge is 2.31. The Morgan fingerprint density at radius 3 is 2.74 bits per heavy atom. The number of likely N-dealkylation sites (tertiary alicyclic amines) is 1. The fourth-order valence-corrected chi connectivity index (χ4v) is 3.83. The molecule has 1 saturated carbocycles. The van der Waals surface area contributed by atoms with Gasteiger partial charge in [0.15, 0.2) is 0 Å². The third-order valence-electron chi connectivity index (χ3n) is 4.70. The molecule has 1 aliphatic carbocycles. The van der Waals surface area contributed by atoms with E-state index in [1.807, 2.05) is 0 Å². The highest BCUT2D eigenvalue weighted by Crippen LogP contribution is 2.28. The molecule has 3 unspecified atom stereocenters. The van der Waals surface area contributed by atoms with Crippen LogP contribution in [-0.2, 0) is 4.79 Å². The molecule has 0 spiro atoms. The van der Waals surface area contributed by atoms with Gasteiger partial charge in [0.1, 0.15) is 0 Å². The fraction of sp³-hybridized carbons (Fsp3) is 0.938. The second-order valence-corrected chi connectivity index (χ2v) is 7.05. The van der Waals surface area contributed by atoms with E-state index in [1.54, 1.807) is 0 Å². The first-order chi connectivity index (χ1) is 9.06. The summed E-state index contributed by atoms with van der Waals surface area (Å²) in [5.74, 6) is 2.06. The van der Waals surface area contributed by atoms with E-state index in [2.05, 4.69) is 18.7 Å². The van der Waals surface area contributed by atoms with Gasteiger partial charge in [-0.15, -0.1) is 0 Å². The van der Waals surface area contributed by atoms with Crippen LogP contribution in [0.1, 0.15) is 58.8 Å². The molecular formula is C16H30N2O. The van der Waals surface area contributed by atoms with E-state index in [1.165, 1.54) is 19.3 Å². The highest BCUT2D eigenvalue weighted by atomic mass is 16.2. The standard InChI is InChI=1S/C16H30N2O/c1-12(2)9-13-5-4-8-18(11-13)16(19)14-6-3-7-15(17)10-14/h12-15H,3-11,17H2,1-2H3. The summed E-state index contributed by atoms with van der Waals surface area (Å²) in [5, 5.41) is 0. The van der Waals surface area contributed by atoms with Crippen molar-refractivity contribution in [2.24, 2.45) is 23.5 Å². The maximum Gasteiger partial charge on any atom is 0.225 e. The van der Waals surface area contributed by atoms with Crippen LogP contribution in [0.15, 0.2) is 0 Å². The van der Waals surface area contributed by atoms with Crippen LogP contribution in [0.5, 0.6) is 0 Å². The van der Waals surface area contributed by atoms with Crippen molar-refractivity contribution in [3.63, 3.8) is 0 Å². The number of amides is 1. The number of hydrogen-bond donors (Lipinski definition) is 1. The van der Waals surface area contributed by atoms with E-state index in [0.29, 0.717) is 5.91 Å². The van der Waals surface area contributed by atoms with Gasteiger partial charge in [-0.25, -0.2) is 0 Å². The van der Waals surface area contributed by atoms with Crippen LogP contribution in [0.2, 0.25) is 0 Å². The van der Waals surface area contributed by atoms with E-state index in [-0.39, 0.29) is 12.0 Å². The van der Waals surface area contributed by atoms with Crippen LogP contribution in [0.4, 0.5) is 0 Å². The quantitative estimate of drug-likeness (QED) is 0.854. The van der Waals surface area contributed by atoms with Crippen molar-refractivity contribution in [2.45, 2.75) is 64.8 Å². The first kappa shape index (κ1) is 14.8. The van der Waals surface area contributed by atoms with Crippen LogP contribution in [0.3, 0.4) is 0 Å². The maximum absolute atomic E-state index is 12.6. The van der Waals surface area contributed by atoms with Crippen molar-refractivity contribution < 1.29 is 4.79 Å². The SMILES string of the molecule is CC(C)CC1CCCN(C(=O)C2CCCC(N)C2)C1. The van der Waals surface area contributed by atoms with Gasteiger partial charge in [-0.2, -0.15) is 0 Å². The van der Waals surface area contributed by atoms with E-state index in [4.69, 9.17) is 5.73 Å². The largest absolute Gasteiger partial charge is 0.342 e. The predicted molar refractivity (Wildman–Crippen MR) is 78.7 cm³/mol. The zero-order chi connectivity index (χ0) is 13.8. The second-order valence-electron chi connectivity index (χ2n) is 7.05. The van der Waals surface area contributed by atoms with Crippen molar-refractivity contribution in [3.8, 4) is 0 Å². The van der Waals surface area contributed by atoms with E-state index in [0.717, 1.165) is 50.6 Å². The summed E-state index contributed by atoms with van der Waals surface area (Å²) in [4.78, 5) is 14.7. The normalized spacial score (nSPS) is 32.6. The summed E-state index contributed by atoms with van der Waals surface area (Å²) in [7, 11) is 0. The van der Waals surface area contributed by atoms with Gasteiger partial charge >= 0.3 is 0 Å². The maximum atomic E-state index is 12.6. The Balaban J connectivity index is 1.87. The molecule has 0 aromatic heterocycles. The molecule has 2 rings (SSSR count). The molecule has 1 saturated heterocycles. The Labute approximate surface area is 117 Å². The number of rotatable bonds is 3. The molecule has 3 heteroatoms. The van der Waals surface area contributed by atoms with Gasteiger partial charge in [0.2, 0.25) is 5.91 Å². The zero-order valence-corrected chi connectivity index (χ0v) is 12.6. The van der Waals surface area contributed by atoms with E-state index >= 15 is 0 Å². The lowest BCUT2D eigenvalue weighted by Crippen LogP contribution is -2.45. The fourth-order valence-electron chi connectivity index (χ4n) is 3.83. The smallest absolute Gasteiger partial charge is 0.225 e. The lowest BCUT2D eigenvalue weighted by atomic mass is 9.84. The molecule has 1 aliphatic heterocycles. The number of nitrogens with two attached hydrogens (primary N) is 1. The van der Waals surface area contributed by atoms with Crippen molar-refractivity contribution in [1.82, 2.24) is 4.90 Å². The Kier molecular flexibility index (Phi) is 5.26. The topological polar surface area (TPSA) is 46.3 Å². The lowest BCUT2D eigenvalue weighted by Gasteiger charge is -2.37. The van der Waals surface area contributed by atoms with Gasteiger partial charge in [-0.05, 0) is 50.4 Å². The number of carbonyl (C=O) groups excluding carboxylic acids is 1. The number of nitrogens with zero attached hydrogens (tertiary/aromatic N) is 1. The van der Waals surface area contributed by atoms with Crippen LogP contribution in [-0.4, -0.2) is 29.9 Å². The second kappa shape index (κ2) is 6.74. The van der Waals surface area contributed by atoms with E-state index in [9.17, 15) is 4.79 Å². The molecule has 0 radical (unpaired) electrons. The molecule has 2 fully saturated rings. The highest BCUT2D eigenvalue weighted by molar-refractivity contribution is 5.79. The molecule has 2 N–H and O–H groups in total. The molecule has 2 aliphatic rings. The van der Waals surface area contributed by atoms with Crippen molar-refractivity contribution in [1.29, 1.82) is 0 Å². The lowest BCUT2D eigenvalue weighted by molar-refractivity contribution is -0.138. The molecular weight excluding hydrogens is 236 g/mol. The number of carbonyl (C=O) groups is 1. The van der Waals surface area contributed by atoms with Crippen molar-refractivity contribution in [3.05, 3.63) is 0 Å². The summed E-state index contributed by atoms with van der Waals surface area (Å²) >= 11 is 0. The monoisotopic (exact) mass is 266 g/mol. The first-order valence-corrected chi connectivity index (χ1v) is 8.10. The summed E-state index contributed by atoms with van der Waals surface area (Å²) in [5.41, 5.74) is 6.01. The summed E-state index contributed by atoms with van der Waals surface area (Å²) in [6.45, 7) is 6.52. The molecule has 110 valence electrons.